The highest BCUT2D eigenvalue weighted by atomic mass is 17.5. The predicted molar refractivity (Wildman–Crippen MR) is 155 cm³/mol. The zero-order valence-electron chi connectivity index (χ0n) is 23.8. The molecule has 0 radical (unpaired) electrons. The second kappa shape index (κ2) is 17.4. The molecule has 0 aliphatic heterocycles. The summed E-state index contributed by atoms with van der Waals surface area (Å²) in [4.78, 5) is 64.6. The number of hydrogen-bond donors (Lipinski definition) is 0. The summed E-state index contributed by atoms with van der Waals surface area (Å²) in [5.41, 5.74) is 4.18. The first-order valence-corrected chi connectivity index (χ1v) is 13.7. The van der Waals surface area contributed by atoms with Crippen molar-refractivity contribution in [3.8, 4) is 22.3 Å². The largest absolute Gasteiger partial charge is 0.543 e. The zero-order chi connectivity index (χ0) is 31.7. The Balaban J connectivity index is 0.983. The van der Waals surface area contributed by atoms with Gasteiger partial charge in [0.25, 0.3) is 0 Å². The van der Waals surface area contributed by atoms with Crippen molar-refractivity contribution in [2.75, 3.05) is 13.2 Å². The highest BCUT2D eigenvalue weighted by Gasteiger charge is 2.14. The van der Waals surface area contributed by atoms with E-state index >= 15 is 0 Å². The Labute approximate surface area is 257 Å². The molecule has 4 rings (SSSR count). The summed E-state index contributed by atoms with van der Waals surface area (Å²) >= 11 is 0. The maximum absolute atomic E-state index is 12.0. The molecule has 0 fully saturated rings. The summed E-state index contributed by atoms with van der Waals surface area (Å²) in [5, 5.41) is 8.41. The van der Waals surface area contributed by atoms with Gasteiger partial charge in [0.15, 0.2) is 0 Å². The quantitative estimate of drug-likeness (QED) is 0.0611. The van der Waals surface area contributed by atoms with E-state index in [4.69, 9.17) is 9.47 Å². The molecule has 4 aromatic rings. The van der Waals surface area contributed by atoms with Crippen molar-refractivity contribution in [2.45, 2.75) is 19.3 Å². The molecule has 232 valence electrons. The van der Waals surface area contributed by atoms with E-state index in [0.29, 0.717) is 19.3 Å². The minimum absolute atomic E-state index is 0.0348. The van der Waals surface area contributed by atoms with Crippen LogP contribution >= 0.6 is 0 Å². The van der Waals surface area contributed by atoms with Crippen molar-refractivity contribution < 1.29 is 58.3 Å². The summed E-state index contributed by atoms with van der Waals surface area (Å²) in [6.45, 7) is -0.0696. The fourth-order valence-corrected chi connectivity index (χ4v) is 3.85. The number of benzene rings is 4. The van der Waals surface area contributed by atoms with Gasteiger partial charge in [0, 0.05) is 0 Å². The first-order chi connectivity index (χ1) is 22.0. The Morgan fingerprint density at radius 3 is 1.13 bits per heavy atom. The summed E-state index contributed by atoms with van der Waals surface area (Å²) in [6.07, 6.45) is -1.11. The normalized spacial score (nSPS) is 10.3. The van der Waals surface area contributed by atoms with Crippen LogP contribution in [0, 0.1) is 0 Å². The monoisotopic (exact) mass is 616 g/mol. The molecule has 0 heterocycles. The second-order valence-corrected chi connectivity index (χ2v) is 9.19. The van der Waals surface area contributed by atoms with Gasteiger partial charge in [-0.05, 0) is 65.8 Å². The average Bonchev–Trinajstić information content (AvgIpc) is 3.08. The van der Waals surface area contributed by atoms with Crippen molar-refractivity contribution in [1.82, 2.24) is 0 Å². The lowest BCUT2D eigenvalue weighted by atomic mass is 10.0. The molecule has 0 saturated heterocycles. The van der Waals surface area contributed by atoms with Gasteiger partial charge in [-0.1, -0.05) is 84.9 Å². The number of ether oxygens (including phenoxy) is 2. The number of carbonyl (C=O) groups is 4. The first-order valence-electron chi connectivity index (χ1n) is 13.7. The van der Waals surface area contributed by atoms with E-state index in [1.165, 1.54) is 0 Å². The molecule has 0 atom stereocenters. The molecule has 0 spiro atoms. The van der Waals surface area contributed by atoms with Crippen molar-refractivity contribution in [1.29, 1.82) is 0 Å². The molecule has 12 heteroatoms. The van der Waals surface area contributed by atoms with Crippen molar-refractivity contribution >= 4 is 24.2 Å². The molecule has 0 saturated carbocycles. The Hall–Kier alpha value is -5.72. The van der Waals surface area contributed by atoms with Crippen LogP contribution in [0.3, 0.4) is 0 Å². The minimum Gasteiger partial charge on any atom is -0.432 e. The van der Waals surface area contributed by atoms with Crippen molar-refractivity contribution in [3.05, 3.63) is 120 Å². The summed E-state index contributed by atoms with van der Waals surface area (Å²) in [5.74, 6) is -1.73. The number of hydrogen-bond acceptors (Lipinski definition) is 12. The van der Waals surface area contributed by atoms with Gasteiger partial charge in [-0.15, -0.1) is 0 Å². The van der Waals surface area contributed by atoms with Crippen LogP contribution in [0.25, 0.3) is 22.3 Å². The maximum atomic E-state index is 12.0. The fraction of sp³-hybridized carbons (Fsp3) is 0.152. The smallest absolute Gasteiger partial charge is 0.432 e. The highest BCUT2D eigenvalue weighted by Crippen LogP contribution is 2.20. The summed E-state index contributed by atoms with van der Waals surface area (Å²) in [6, 6.07) is 32.3. The second-order valence-electron chi connectivity index (χ2n) is 9.19. The Kier molecular flexibility index (Phi) is 12.5. The van der Waals surface area contributed by atoms with Crippen molar-refractivity contribution in [2.24, 2.45) is 0 Å². The van der Waals surface area contributed by atoms with Crippen LogP contribution in [0.5, 0.6) is 0 Å². The fourth-order valence-electron chi connectivity index (χ4n) is 3.85. The third-order valence-electron chi connectivity index (χ3n) is 6.11. The van der Waals surface area contributed by atoms with Gasteiger partial charge in [0.05, 0.1) is 34.4 Å². The van der Waals surface area contributed by atoms with Crippen LogP contribution in [-0.2, 0) is 39.1 Å². The van der Waals surface area contributed by atoms with E-state index in [1.54, 1.807) is 48.5 Å². The Bertz CT molecular complexity index is 1400. The molecule has 0 aliphatic rings. The average molecular weight is 617 g/mol. The topological polar surface area (TPSA) is 142 Å². The van der Waals surface area contributed by atoms with E-state index in [-0.39, 0.29) is 24.3 Å². The van der Waals surface area contributed by atoms with E-state index in [2.05, 4.69) is 29.6 Å². The first kappa shape index (κ1) is 32.2. The molecular formula is C33H28O12. The van der Waals surface area contributed by atoms with Crippen LogP contribution in [0.4, 0.5) is 9.59 Å². The van der Waals surface area contributed by atoms with E-state index < -0.39 is 24.2 Å². The van der Waals surface area contributed by atoms with Gasteiger partial charge >= 0.3 is 24.2 Å². The third kappa shape index (κ3) is 10.8. The van der Waals surface area contributed by atoms with Gasteiger partial charge in [0.1, 0.15) is 0 Å². The lowest BCUT2D eigenvalue weighted by Crippen LogP contribution is -2.13. The molecule has 0 bridgehead atoms. The van der Waals surface area contributed by atoms with Crippen LogP contribution in [0.2, 0.25) is 0 Å². The maximum Gasteiger partial charge on any atom is 0.543 e. The lowest BCUT2D eigenvalue weighted by Gasteiger charge is -2.06. The molecule has 0 unspecified atom stereocenters. The van der Waals surface area contributed by atoms with E-state index in [0.717, 1.165) is 22.3 Å². The van der Waals surface area contributed by atoms with Gasteiger partial charge < -0.3 is 9.47 Å². The SMILES string of the molecule is O=C(OCCCCCOC(=O)OOOC(=O)c1ccc(-c2ccccc2)cc1)OOOC(=O)c1ccc(-c2ccccc2)cc1. The van der Waals surface area contributed by atoms with Gasteiger partial charge in [-0.25, -0.2) is 29.0 Å². The molecule has 0 amide bonds. The van der Waals surface area contributed by atoms with E-state index in [9.17, 15) is 19.2 Å². The Morgan fingerprint density at radius 1 is 0.400 bits per heavy atom. The zero-order valence-corrected chi connectivity index (χ0v) is 23.8. The molecular weight excluding hydrogens is 588 g/mol. The van der Waals surface area contributed by atoms with Crippen LogP contribution in [-0.4, -0.2) is 37.5 Å². The van der Waals surface area contributed by atoms with Crippen LogP contribution in [0.15, 0.2) is 109 Å². The highest BCUT2D eigenvalue weighted by molar-refractivity contribution is 5.90. The molecule has 0 aliphatic carbocycles. The van der Waals surface area contributed by atoms with Gasteiger partial charge in [-0.3, -0.25) is 9.78 Å². The summed E-state index contributed by atoms with van der Waals surface area (Å²) < 4.78 is 9.57. The van der Waals surface area contributed by atoms with Gasteiger partial charge in [0.2, 0.25) is 0 Å². The number of unbranched alkanes of at least 4 members (excludes halogenated alkanes) is 2. The third-order valence-corrected chi connectivity index (χ3v) is 6.11. The van der Waals surface area contributed by atoms with Crippen molar-refractivity contribution in [3.63, 3.8) is 0 Å². The number of carbonyl (C=O) groups excluding carboxylic acids is 4. The van der Waals surface area contributed by atoms with Crippen LogP contribution in [0.1, 0.15) is 40.0 Å². The standard InChI is InChI=1S/C33H28O12/c34-30(28-18-14-26(15-19-28)24-10-4-1-5-11-24)40-44-42-32(36)38-22-8-3-9-23-39-33(37)43-45-41-31(35)29-20-16-27(17-21-29)25-12-6-2-7-13-25/h1-2,4-7,10-21H,3,8-9,22-23H2. The molecule has 12 nitrogen and oxygen atoms in total. The molecule has 4 aromatic carbocycles. The molecule has 45 heavy (non-hydrogen) atoms. The summed E-state index contributed by atoms with van der Waals surface area (Å²) in [7, 11) is 0. The minimum atomic E-state index is -1.21. The predicted octanol–water partition coefficient (Wildman–Crippen LogP) is 7.20. The molecule has 0 N–H and O–H groups in total. The number of rotatable bonds is 14. The van der Waals surface area contributed by atoms with Gasteiger partial charge in [-0.2, -0.15) is 0 Å². The van der Waals surface area contributed by atoms with Crippen LogP contribution < -0.4 is 0 Å². The van der Waals surface area contributed by atoms with E-state index in [1.807, 2.05) is 60.7 Å². The lowest BCUT2D eigenvalue weighted by molar-refractivity contribution is -0.452. The molecule has 0 aromatic heterocycles. The Morgan fingerprint density at radius 2 is 0.756 bits per heavy atom.